The molecule has 1 rings (SSSR count). The maximum atomic E-state index is 12.2. The highest BCUT2D eigenvalue weighted by Crippen LogP contribution is 2.06. The molecule has 0 spiro atoms. The maximum absolute atomic E-state index is 12.2. The van der Waals surface area contributed by atoms with Crippen LogP contribution in [0, 0.1) is 18.6 Å². The van der Waals surface area contributed by atoms with Crippen LogP contribution in [0.3, 0.4) is 0 Å². The zero-order chi connectivity index (χ0) is 13.8. The van der Waals surface area contributed by atoms with E-state index in [4.69, 9.17) is 0 Å². The monoisotopic (exact) mass is 256 g/mol. The first kappa shape index (κ1) is 17.1. The number of hydrogen-bond donors (Lipinski definition) is 0. The molecule has 0 N–H and O–H groups in total. The molecule has 0 aliphatic heterocycles. The maximum Gasteiger partial charge on any atom is 0.159 e. The zero-order valence-corrected chi connectivity index (χ0v) is 11.9. The molecule has 0 radical (unpaired) electrons. The molecule has 0 fully saturated rings. The van der Waals surface area contributed by atoms with Crippen molar-refractivity contribution in [3.63, 3.8) is 0 Å². The van der Waals surface area contributed by atoms with Crippen LogP contribution in [-0.2, 0) is 0 Å². The number of unbranched alkanes of at least 4 members (excludes halogenated alkanes) is 6. The number of rotatable bonds is 6. The second-order valence-corrected chi connectivity index (χ2v) is 4.69. The smallest absolute Gasteiger partial charge is 0.159 e. The first-order valence-corrected chi connectivity index (χ1v) is 7.03. The Morgan fingerprint density at radius 3 is 1.67 bits per heavy atom. The van der Waals surface area contributed by atoms with E-state index in [0.29, 0.717) is 0 Å². The molecule has 0 aliphatic rings. The van der Waals surface area contributed by atoms with Crippen molar-refractivity contribution in [2.45, 2.75) is 65.7 Å². The molecule has 0 unspecified atom stereocenters. The topological polar surface area (TPSA) is 0 Å². The molecule has 0 saturated heterocycles. The van der Waals surface area contributed by atoms with Gasteiger partial charge in [0.05, 0.1) is 0 Å². The Bertz CT molecular complexity index is 302. The predicted molar refractivity (Wildman–Crippen MR) is 74.8 cm³/mol. The van der Waals surface area contributed by atoms with E-state index in [1.54, 1.807) is 6.92 Å². The molecule has 0 nitrogen and oxygen atoms in total. The highest BCUT2D eigenvalue weighted by atomic mass is 19.2. The molecular weight excluding hydrogens is 230 g/mol. The summed E-state index contributed by atoms with van der Waals surface area (Å²) < 4.78 is 24.3. The lowest BCUT2D eigenvalue weighted by Crippen LogP contribution is -1.82. The first-order chi connectivity index (χ1) is 8.61. The fourth-order valence-electron chi connectivity index (χ4n) is 1.63. The Balaban J connectivity index is 0.000000321. The molecule has 0 aromatic heterocycles. The average Bonchev–Trinajstić information content (AvgIpc) is 2.35. The van der Waals surface area contributed by atoms with Crippen molar-refractivity contribution < 1.29 is 8.78 Å². The third kappa shape index (κ3) is 9.15. The van der Waals surface area contributed by atoms with E-state index in [1.807, 2.05) is 0 Å². The van der Waals surface area contributed by atoms with Crippen LogP contribution in [0.4, 0.5) is 8.78 Å². The molecule has 0 aliphatic carbocycles. The van der Waals surface area contributed by atoms with Gasteiger partial charge in [0, 0.05) is 0 Å². The summed E-state index contributed by atoms with van der Waals surface area (Å²) in [6.45, 7) is 6.24. The fraction of sp³-hybridized carbons (Fsp3) is 0.625. The van der Waals surface area contributed by atoms with E-state index in [2.05, 4.69) is 13.8 Å². The molecule has 1 aromatic carbocycles. The normalized spacial score (nSPS) is 9.83. The average molecular weight is 256 g/mol. The van der Waals surface area contributed by atoms with Gasteiger partial charge in [-0.25, -0.2) is 8.78 Å². The molecule has 2 heteroatoms. The van der Waals surface area contributed by atoms with Gasteiger partial charge in [-0.05, 0) is 24.6 Å². The highest BCUT2D eigenvalue weighted by molar-refractivity contribution is 5.15. The van der Waals surface area contributed by atoms with Crippen molar-refractivity contribution in [2.75, 3.05) is 0 Å². The summed E-state index contributed by atoms with van der Waals surface area (Å²) >= 11 is 0. The van der Waals surface area contributed by atoms with Crippen LogP contribution < -0.4 is 0 Å². The fourth-order valence-corrected chi connectivity index (χ4v) is 1.63. The highest BCUT2D eigenvalue weighted by Gasteiger charge is 1.97. The minimum absolute atomic E-state index is 0.730. The lowest BCUT2D eigenvalue weighted by molar-refractivity contribution is 0.508. The first-order valence-electron chi connectivity index (χ1n) is 7.03. The Labute approximate surface area is 110 Å². The third-order valence-electron chi connectivity index (χ3n) is 2.78. The van der Waals surface area contributed by atoms with Gasteiger partial charge < -0.3 is 0 Å². The predicted octanol–water partition coefficient (Wildman–Crippen LogP) is 6.03. The summed E-state index contributed by atoms with van der Waals surface area (Å²) in [6.07, 6.45) is 9.97. The summed E-state index contributed by atoms with van der Waals surface area (Å²) in [6, 6.07) is 3.80. The molecule has 0 atom stereocenters. The summed E-state index contributed by atoms with van der Waals surface area (Å²) in [5, 5.41) is 0. The summed E-state index contributed by atoms with van der Waals surface area (Å²) in [7, 11) is 0. The number of halogens is 2. The van der Waals surface area contributed by atoms with Crippen LogP contribution in [0.2, 0.25) is 0 Å². The lowest BCUT2D eigenvalue weighted by atomic mass is 10.1. The van der Waals surface area contributed by atoms with Crippen LogP contribution >= 0.6 is 0 Å². The standard InChI is InChI=1S/C9H20.C7H6F2/c1-3-5-7-9-8-6-4-2;1-5-2-3-6(8)7(9)4-5/h3-9H2,1-2H3;2-4H,1H3. The van der Waals surface area contributed by atoms with Crippen molar-refractivity contribution in [3.05, 3.63) is 35.4 Å². The van der Waals surface area contributed by atoms with Gasteiger partial charge in [-0.2, -0.15) is 0 Å². The van der Waals surface area contributed by atoms with Crippen LogP contribution in [0.15, 0.2) is 18.2 Å². The van der Waals surface area contributed by atoms with E-state index in [-0.39, 0.29) is 0 Å². The van der Waals surface area contributed by atoms with Gasteiger partial charge in [0.15, 0.2) is 11.6 Å². The van der Waals surface area contributed by atoms with Gasteiger partial charge in [0.2, 0.25) is 0 Å². The number of aryl methyl sites for hydroxylation is 1. The van der Waals surface area contributed by atoms with Crippen LogP contribution in [0.1, 0.15) is 64.4 Å². The molecule has 0 heterocycles. The van der Waals surface area contributed by atoms with E-state index < -0.39 is 11.6 Å². The van der Waals surface area contributed by atoms with E-state index in [9.17, 15) is 8.78 Å². The number of hydrogen-bond acceptors (Lipinski definition) is 0. The Morgan fingerprint density at radius 1 is 0.778 bits per heavy atom. The van der Waals surface area contributed by atoms with Crippen LogP contribution in [-0.4, -0.2) is 0 Å². The quantitative estimate of drug-likeness (QED) is 0.545. The Hall–Kier alpha value is -0.920. The van der Waals surface area contributed by atoms with Gasteiger partial charge in [-0.3, -0.25) is 0 Å². The van der Waals surface area contributed by atoms with Gasteiger partial charge in [0.25, 0.3) is 0 Å². The molecule has 18 heavy (non-hydrogen) atoms. The summed E-state index contributed by atoms with van der Waals surface area (Å²) in [5.41, 5.74) is 0.730. The van der Waals surface area contributed by atoms with E-state index in [0.717, 1.165) is 17.7 Å². The Kier molecular flexibility index (Phi) is 10.6. The van der Waals surface area contributed by atoms with Crippen molar-refractivity contribution >= 4 is 0 Å². The van der Waals surface area contributed by atoms with Gasteiger partial charge in [-0.1, -0.05) is 64.9 Å². The summed E-state index contributed by atoms with van der Waals surface area (Å²) in [5.74, 6) is -1.57. The molecular formula is C16H26F2. The van der Waals surface area contributed by atoms with Crippen molar-refractivity contribution in [3.8, 4) is 0 Å². The van der Waals surface area contributed by atoms with E-state index >= 15 is 0 Å². The molecule has 104 valence electrons. The van der Waals surface area contributed by atoms with Crippen molar-refractivity contribution in [1.29, 1.82) is 0 Å². The SMILES string of the molecule is CCCCCCCCC.Cc1ccc(F)c(F)c1. The van der Waals surface area contributed by atoms with Crippen LogP contribution in [0.25, 0.3) is 0 Å². The number of benzene rings is 1. The molecule has 1 aromatic rings. The molecule has 0 bridgehead atoms. The summed E-state index contributed by atoms with van der Waals surface area (Å²) in [4.78, 5) is 0. The minimum atomic E-state index is -0.791. The Morgan fingerprint density at radius 2 is 1.28 bits per heavy atom. The molecule has 0 saturated carbocycles. The largest absolute Gasteiger partial charge is 0.204 e. The second-order valence-electron chi connectivity index (χ2n) is 4.69. The van der Waals surface area contributed by atoms with Gasteiger partial charge >= 0.3 is 0 Å². The van der Waals surface area contributed by atoms with Gasteiger partial charge in [0.1, 0.15) is 0 Å². The zero-order valence-electron chi connectivity index (χ0n) is 11.9. The van der Waals surface area contributed by atoms with Crippen LogP contribution in [0.5, 0.6) is 0 Å². The third-order valence-corrected chi connectivity index (χ3v) is 2.78. The van der Waals surface area contributed by atoms with Crippen molar-refractivity contribution in [2.24, 2.45) is 0 Å². The van der Waals surface area contributed by atoms with Gasteiger partial charge in [-0.15, -0.1) is 0 Å². The second kappa shape index (κ2) is 11.2. The molecule has 0 amide bonds. The lowest BCUT2D eigenvalue weighted by Gasteiger charge is -1.96. The van der Waals surface area contributed by atoms with Crippen molar-refractivity contribution in [1.82, 2.24) is 0 Å². The van der Waals surface area contributed by atoms with E-state index in [1.165, 1.54) is 51.0 Å². The minimum Gasteiger partial charge on any atom is -0.204 e.